The Hall–Kier alpha value is -1.26. The molecule has 0 aliphatic heterocycles. The Bertz CT molecular complexity index is 408. The molecular formula is C13H19ClN2O2. The highest BCUT2D eigenvalue weighted by Gasteiger charge is 2.06. The molecule has 1 aromatic carbocycles. The van der Waals surface area contributed by atoms with E-state index in [0.717, 1.165) is 0 Å². The van der Waals surface area contributed by atoms with Crippen molar-refractivity contribution < 1.29 is 9.53 Å². The Morgan fingerprint density at radius 3 is 2.83 bits per heavy atom. The first-order valence-corrected chi connectivity index (χ1v) is 6.29. The molecule has 0 saturated carbocycles. The summed E-state index contributed by atoms with van der Waals surface area (Å²) in [5.74, 6) is 0.352. The summed E-state index contributed by atoms with van der Waals surface area (Å²) in [4.78, 5) is 11.6. The predicted octanol–water partition coefficient (Wildman–Crippen LogP) is 2.92. The van der Waals surface area contributed by atoms with Crippen LogP contribution in [0.25, 0.3) is 0 Å². The van der Waals surface area contributed by atoms with Crippen LogP contribution in [0.5, 0.6) is 0 Å². The van der Waals surface area contributed by atoms with Crippen molar-refractivity contribution in [3.05, 3.63) is 23.2 Å². The molecular weight excluding hydrogens is 252 g/mol. The van der Waals surface area contributed by atoms with Crippen molar-refractivity contribution >= 4 is 28.9 Å². The van der Waals surface area contributed by atoms with E-state index in [9.17, 15) is 4.79 Å². The van der Waals surface area contributed by atoms with Crippen LogP contribution in [0.15, 0.2) is 18.2 Å². The van der Waals surface area contributed by atoms with Gasteiger partial charge in [0.25, 0.3) is 0 Å². The van der Waals surface area contributed by atoms with Gasteiger partial charge in [0, 0.05) is 12.3 Å². The topological polar surface area (TPSA) is 64.3 Å². The van der Waals surface area contributed by atoms with Crippen molar-refractivity contribution in [2.24, 2.45) is 5.92 Å². The molecule has 0 spiro atoms. The van der Waals surface area contributed by atoms with Gasteiger partial charge >= 0.3 is 0 Å². The van der Waals surface area contributed by atoms with E-state index < -0.39 is 0 Å². The van der Waals surface area contributed by atoms with Crippen LogP contribution < -0.4 is 11.1 Å². The lowest BCUT2D eigenvalue weighted by Gasteiger charge is -2.09. The average molecular weight is 271 g/mol. The van der Waals surface area contributed by atoms with Crippen molar-refractivity contribution in [1.29, 1.82) is 0 Å². The molecule has 100 valence electrons. The van der Waals surface area contributed by atoms with Crippen LogP contribution in [0.4, 0.5) is 11.4 Å². The molecule has 3 N–H and O–H groups in total. The SMILES string of the molecule is CC(C)COCCC(=O)Nc1ccc(N)cc1Cl. The fraction of sp³-hybridized carbons (Fsp3) is 0.462. The first-order valence-electron chi connectivity index (χ1n) is 5.91. The molecule has 0 bridgehead atoms. The fourth-order valence-electron chi connectivity index (χ4n) is 1.33. The number of rotatable bonds is 6. The molecule has 0 fully saturated rings. The number of nitrogens with one attached hydrogen (secondary N) is 1. The van der Waals surface area contributed by atoms with E-state index in [2.05, 4.69) is 19.2 Å². The maximum Gasteiger partial charge on any atom is 0.226 e. The molecule has 1 amide bonds. The van der Waals surface area contributed by atoms with E-state index in [-0.39, 0.29) is 5.91 Å². The third-order valence-corrected chi connectivity index (χ3v) is 2.50. The predicted molar refractivity (Wildman–Crippen MR) is 74.8 cm³/mol. The Kier molecular flexibility index (Phi) is 5.95. The zero-order valence-corrected chi connectivity index (χ0v) is 11.5. The molecule has 0 atom stereocenters. The minimum absolute atomic E-state index is 0.120. The zero-order chi connectivity index (χ0) is 13.5. The highest BCUT2D eigenvalue weighted by molar-refractivity contribution is 6.34. The lowest BCUT2D eigenvalue weighted by Crippen LogP contribution is -2.15. The molecule has 0 heterocycles. The second kappa shape index (κ2) is 7.24. The number of carbonyl (C=O) groups is 1. The number of carbonyl (C=O) groups excluding carboxylic acids is 1. The van der Waals surface area contributed by atoms with Gasteiger partial charge in [-0.2, -0.15) is 0 Å². The Morgan fingerprint density at radius 2 is 2.22 bits per heavy atom. The van der Waals surface area contributed by atoms with Crippen LogP contribution in [-0.4, -0.2) is 19.1 Å². The minimum atomic E-state index is -0.120. The maximum absolute atomic E-state index is 11.6. The summed E-state index contributed by atoms with van der Waals surface area (Å²) < 4.78 is 5.34. The number of hydrogen-bond donors (Lipinski definition) is 2. The van der Waals surface area contributed by atoms with Gasteiger partial charge in [0.1, 0.15) is 0 Å². The maximum atomic E-state index is 11.6. The molecule has 1 aromatic rings. The first kappa shape index (κ1) is 14.8. The highest BCUT2D eigenvalue weighted by Crippen LogP contribution is 2.23. The molecule has 18 heavy (non-hydrogen) atoms. The summed E-state index contributed by atoms with van der Waals surface area (Å²) in [6.07, 6.45) is 0.313. The standard InChI is InChI=1S/C13H19ClN2O2/c1-9(2)8-18-6-5-13(17)16-12-4-3-10(15)7-11(12)14/h3-4,7,9H,5-6,8,15H2,1-2H3,(H,16,17). The third-order valence-electron chi connectivity index (χ3n) is 2.19. The van der Waals surface area contributed by atoms with E-state index in [1.165, 1.54) is 0 Å². The Morgan fingerprint density at radius 1 is 1.50 bits per heavy atom. The van der Waals surface area contributed by atoms with Crippen LogP contribution in [-0.2, 0) is 9.53 Å². The molecule has 0 unspecified atom stereocenters. The summed E-state index contributed by atoms with van der Waals surface area (Å²) in [6.45, 7) is 5.20. The van der Waals surface area contributed by atoms with Crippen LogP contribution in [0, 0.1) is 5.92 Å². The minimum Gasteiger partial charge on any atom is -0.399 e. The van der Waals surface area contributed by atoms with E-state index in [4.69, 9.17) is 22.1 Å². The monoisotopic (exact) mass is 270 g/mol. The van der Waals surface area contributed by atoms with Gasteiger partial charge in [-0.15, -0.1) is 0 Å². The second-order valence-electron chi connectivity index (χ2n) is 4.51. The van der Waals surface area contributed by atoms with E-state index in [0.29, 0.717) is 41.9 Å². The van der Waals surface area contributed by atoms with E-state index in [1.807, 2.05) is 0 Å². The van der Waals surface area contributed by atoms with Crippen LogP contribution in [0.1, 0.15) is 20.3 Å². The van der Waals surface area contributed by atoms with Crippen molar-refractivity contribution in [2.75, 3.05) is 24.3 Å². The number of nitrogen functional groups attached to an aromatic ring is 1. The number of ether oxygens (including phenoxy) is 1. The summed E-state index contributed by atoms with van der Waals surface area (Å²) in [6, 6.07) is 4.98. The van der Waals surface area contributed by atoms with Crippen molar-refractivity contribution in [1.82, 2.24) is 0 Å². The molecule has 0 aliphatic carbocycles. The quantitative estimate of drug-likeness (QED) is 0.617. The number of hydrogen-bond acceptors (Lipinski definition) is 3. The van der Waals surface area contributed by atoms with E-state index >= 15 is 0 Å². The van der Waals surface area contributed by atoms with Crippen molar-refractivity contribution in [3.8, 4) is 0 Å². The number of benzene rings is 1. The van der Waals surface area contributed by atoms with Crippen LogP contribution >= 0.6 is 11.6 Å². The molecule has 0 aliphatic rings. The summed E-state index contributed by atoms with van der Waals surface area (Å²) >= 11 is 5.95. The highest BCUT2D eigenvalue weighted by atomic mass is 35.5. The molecule has 4 nitrogen and oxygen atoms in total. The van der Waals surface area contributed by atoms with Crippen LogP contribution in [0.2, 0.25) is 5.02 Å². The molecule has 0 radical (unpaired) electrons. The number of nitrogens with two attached hydrogens (primary N) is 1. The first-order chi connectivity index (χ1) is 8.49. The van der Waals surface area contributed by atoms with Crippen LogP contribution in [0.3, 0.4) is 0 Å². The fourth-order valence-corrected chi connectivity index (χ4v) is 1.57. The van der Waals surface area contributed by atoms with Crippen molar-refractivity contribution in [3.63, 3.8) is 0 Å². The van der Waals surface area contributed by atoms with Gasteiger partial charge in [-0.05, 0) is 24.1 Å². The Balaban J connectivity index is 2.35. The Labute approximate surface area is 112 Å². The zero-order valence-electron chi connectivity index (χ0n) is 10.7. The lowest BCUT2D eigenvalue weighted by molar-refractivity contribution is -0.117. The summed E-state index contributed by atoms with van der Waals surface area (Å²) in [5, 5.41) is 3.16. The third kappa shape index (κ3) is 5.38. The van der Waals surface area contributed by atoms with Gasteiger partial charge in [-0.25, -0.2) is 0 Å². The molecule has 0 aromatic heterocycles. The molecule has 0 saturated heterocycles. The van der Waals surface area contributed by atoms with E-state index in [1.54, 1.807) is 18.2 Å². The second-order valence-corrected chi connectivity index (χ2v) is 4.91. The summed E-state index contributed by atoms with van der Waals surface area (Å²) in [5.41, 5.74) is 6.70. The molecule has 1 rings (SSSR count). The van der Waals surface area contributed by atoms with Gasteiger partial charge in [0.05, 0.1) is 23.7 Å². The van der Waals surface area contributed by atoms with Crippen molar-refractivity contribution in [2.45, 2.75) is 20.3 Å². The van der Waals surface area contributed by atoms with Gasteiger partial charge in [0.15, 0.2) is 0 Å². The lowest BCUT2D eigenvalue weighted by atomic mass is 10.2. The smallest absolute Gasteiger partial charge is 0.226 e. The normalized spacial score (nSPS) is 10.7. The number of amides is 1. The summed E-state index contributed by atoms with van der Waals surface area (Å²) in [7, 11) is 0. The van der Waals surface area contributed by atoms with Gasteiger partial charge in [0.2, 0.25) is 5.91 Å². The van der Waals surface area contributed by atoms with Gasteiger partial charge in [-0.3, -0.25) is 4.79 Å². The number of anilines is 2. The molecule has 5 heteroatoms. The average Bonchev–Trinajstić information content (AvgIpc) is 2.28. The largest absolute Gasteiger partial charge is 0.399 e. The van der Waals surface area contributed by atoms with Gasteiger partial charge in [-0.1, -0.05) is 25.4 Å². The number of halogens is 1. The van der Waals surface area contributed by atoms with Gasteiger partial charge < -0.3 is 15.8 Å².